The van der Waals surface area contributed by atoms with Gasteiger partial charge in [0.2, 0.25) is 0 Å². The van der Waals surface area contributed by atoms with Crippen LogP contribution in [0.5, 0.6) is 5.75 Å². The Morgan fingerprint density at radius 1 is 1.37 bits per heavy atom. The van der Waals surface area contributed by atoms with E-state index in [1.807, 2.05) is 11.5 Å². The van der Waals surface area contributed by atoms with Crippen LogP contribution in [0.3, 0.4) is 0 Å². The van der Waals surface area contributed by atoms with Crippen molar-refractivity contribution in [3.05, 3.63) is 41.7 Å². The van der Waals surface area contributed by atoms with E-state index in [0.717, 1.165) is 25.0 Å². The highest BCUT2D eigenvalue weighted by molar-refractivity contribution is 5.29. The summed E-state index contributed by atoms with van der Waals surface area (Å²) in [5.41, 5.74) is 0.589. The van der Waals surface area contributed by atoms with Crippen LogP contribution in [0.4, 0.5) is 4.39 Å². The number of phenols is 1. The molecular formula is C13H15FN4O. The summed E-state index contributed by atoms with van der Waals surface area (Å²) in [5.74, 6) is 0.476. The highest BCUT2D eigenvalue weighted by Crippen LogP contribution is 2.27. The second kappa shape index (κ2) is 4.62. The molecule has 1 aliphatic rings. The largest absolute Gasteiger partial charge is 0.508 e. The number of rotatable bonds is 2. The molecule has 0 bridgehead atoms. The van der Waals surface area contributed by atoms with E-state index in [9.17, 15) is 9.50 Å². The van der Waals surface area contributed by atoms with Crippen LogP contribution in [0.25, 0.3) is 0 Å². The molecule has 1 aromatic heterocycles. The first kappa shape index (κ1) is 12.1. The van der Waals surface area contributed by atoms with Gasteiger partial charge in [0.1, 0.15) is 23.7 Å². The molecule has 100 valence electrons. The summed E-state index contributed by atoms with van der Waals surface area (Å²) < 4.78 is 15.9. The smallest absolute Gasteiger partial charge is 0.147 e. The lowest BCUT2D eigenvalue weighted by Gasteiger charge is -2.32. The molecule has 2 heterocycles. The van der Waals surface area contributed by atoms with Gasteiger partial charge in [0.15, 0.2) is 0 Å². The average Bonchev–Trinajstić information content (AvgIpc) is 2.85. The van der Waals surface area contributed by atoms with Gasteiger partial charge in [-0.2, -0.15) is 0 Å². The summed E-state index contributed by atoms with van der Waals surface area (Å²) in [6, 6.07) is 4.24. The number of nitrogens with zero attached hydrogens (tertiary/aromatic N) is 4. The summed E-state index contributed by atoms with van der Waals surface area (Å²) >= 11 is 0. The summed E-state index contributed by atoms with van der Waals surface area (Å²) in [6.07, 6.45) is 1.72. The maximum absolute atomic E-state index is 13.9. The van der Waals surface area contributed by atoms with E-state index in [2.05, 4.69) is 15.1 Å². The molecule has 0 aliphatic carbocycles. The van der Waals surface area contributed by atoms with E-state index in [4.69, 9.17) is 0 Å². The zero-order chi connectivity index (χ0) is 13.4. The molecule has 1 unspecified atom stereocenters. The van der Waals surface area contributed by atoms with Crippen molar-refractivity contribution < 1.29 is 9.50 Å². The first-order chi connectivity index (χ1) is 9.15. The zero-order valence-electron chi connectivity index (χ0n) is 10.6. The maximum atomic E-state index is 13.9. The number of fused-ring (bicyclic) bond motifs is 1. The van der Waals surface area contributed by atoms with Crippen molar-refractivity contribution in [2.45, 2.75) is 26.1 Å². The van der Waals surface area contributed by atoms with E-state index in [0.29, 0.717) is 12.1 Å². The molecule has 3 rings (SSSR count). The Labute approximate surface area is 110 Å². The van der Waals surface area contributed by atoms with Gasteiger partial charge >= 0.3 is 0 Å². The zero-order valence-corrected chi connectivity index (χ0v) is 10.6. The third-order valence-corrected chi connectivity index (χ3v) is 3.65. The number of hydrogen-bond donors (Lipinski definition) is 1. The second-order valence-corrected chi connectivity index (χ2v) is 4.79. The highest BCUT2D eigenvalue weighted by atomic mass is 19.1. The lowest BCUT2D eigenvalue weighted by Crippen LogP contribution is -2.35. The Balaban J connectivity index is 1.83. The summed E-state index contributed by atoms with van der Waals surface area (Å²) in [7, 11) is 0. The van der Waals surface area contributed by atoms with Gasteiger partial charge in [0.25, 0.3) is 0 Å². The van der Waals surface area contributed by atoms with Gasteiger partial charge < -0.3 is 9.67 Å². The van der Waals surface area contributed by atoms with E-state index < -0.39 is 0 Å². The number of phenolic OH excluding ortho intramolecular Hbond substituents is 1. The second-order valence-electron chi connectivity index (χ2n) is 4.79. The number of halogens is 1. The number of aromatic nitrogens is 3. The molecule has 0 saturated carbocycles. The van der Waals surface area contributed by atoms with Crippen molar-refractivity contribution in [2.24, 2.45) is 0 Å². The molecule has 0 spiro atoms. The Morgan fingerprint density at radius 3 is 3.00 bits per heavy atom. The minimum absolute atomic E-state index is 0.0492. The van der Waals surface area contributed by atoms with Gasteiger partial charge in [0.05, 0.1) is 6.54 Å². The van der Waals surface area contributed by atoms with Crippen molar-refractivity contribution in [1.29, 1.82) is 0 Å². The third kappa shape index (κ3) is 2.19. The van der Waals surface area contributed by atoms with Crippen LogP contribution >= 0.6 is 0 Å². The fourth-order valence-electron chi connectivity index (χ4n) is 2.47. The molecule has 1 N–H and O–H groups in total. The third-order valence-electron chi connectivity index (χ3n) is 3.65. The Morgan fingerprint density at radius 2 is 2.21 bits per heavy atom. The van der Waals surface area contributed by atoms with Crippen molar-refractivity contribution in [2.75, 3.05) is 6.54 Å². The fourth-order valence-corrected chi connectivity index (χ4v) is 2.47. The van der Waals surface area contributed by atoms with Crippen LogP contribution in [0.1, 0.15) is 24.4 Å². The molecule has 1 atom stereocenters. The molecule has 6 heteroatoms. The van der Waals surface area contributed by atoms with Crippen LogP contribution in [-0.4, -0.2) is 31.3 Å². The maximum Gasteiger partial charge on any atom is 0.147 e. The summed E-state index contributed by atoms with van der Waals surface area (Å²) in [6.45, 7) is 4.25. The standard InChI is InChI=1S/C13H15FN4O/c1-9(11-3-2-10(19)6-12(11)14)17-4-5-18-8-15-16-13(18)7-17/h2-3,6,8-9,19H,4-5,7H2,1H3. The van der Waals surface area contributed by atoms with E-state index in [-0.39, 0.29) is 17.6 Å². The van der Waals surface area contributed by atoms with Crippen LogP contribution in [0, 0.1) is 5.82 Å². The lowest BCUT2D eigenvalue weighted by molar-refractivity contribution is 0.160. The van der Waals surface area contributed by atoms with Crippen LogP contribution in [-0.2, 0) is 13.1 Å². The van der Waals surface area contributed by atoms with Crippen molar-refractivity contribution in [3.63, 3.8) is 0 Å². The van der Waals surface area contributed by atoms with Gasteiger partial charge in [-0.25, -0.2) is 4.39 Å². The first-order valence-corrected chi connectivity index (χ1v) is 6.24. The molecular weight excluding hydrogens is 247 g/mol. The Bertz CT molecular complexity index is 598. The van der Waals surface area contributed by atoms with Gasteiger partial charge in [-0.3, -0.25) is 4.90 Å². The SMILES string of the molecule is CC(c1ccc(O)cc1F)N1CCn2cnnc2C1. The Kier molecular flexibility index (Phi) is 2.94. The number of hydrogen-bond acceptors (Lipinski definition) is 4. The van der Waals surface area contributed by atoms with Crippen LogP contribution in [0.2, 0.25) is 0 Å². The summed E-state index contributed by atoms with van der Waals surface area (Å²) in [5, 5.41) is 17.2. The summed E-state index contributed by atoms with van der Waals surface area (Å²) in [4.78, 5) is 2.15. The van der Waals surface area contributed by atoms with Gasteiger partial charge in [-0.05, 0) is 13.0 Å². The normalized spacial score (nSPS) is 17.2. The predicted octanol–water partition coefficient (Wildman–Crippen LogP) is 1.70. The van der Waals surface area contributed by atoms with Gasteiger partial charge in [-0.15, -0.1) is 10.2 Å². The predicted molar refractivity (Wildman–Crippen MR) is 66.9 cm³/mol. The lowest BCUT2D eigenvalue weighted by atomic mass is 10.1. The molecule has 1 aliphatic heterocycles. The highest BCUT2D eigenvalue weighted by Gasteiger charge is 2.24. The number of aromatic hydroxyl groups is 1. The number of benzene rings is 1. The molecule has 0 saturated heterocycles. The minimum atomic E-state index is -0.375. The first-order valence-electron chi connectivity index (χ1n) is 6.24. The van der Waals surface area contributed by atoms with Crippen LogP contribution < -0.4 is 0 Å². The minimum Gasteiger partial charge on any atom is -0.508 e. The molecule has 2 aromatic rings. The van der Waals surface area contributed by atoms with E-state index in [1.54, 1.807) is 12.4 Å². The molecule has 19 heavy (non-hydrogen) atoms. The monoisotopic (exact) mass is 262 g/mol. The molecule has 0 radical (unpaired) electrons. The Hall–Kier alpha value is -1.95. The van der Waals surface area contributed by atoms with E-state index >= 15 is 0 Å². The molecule has 5 nitrogen and oxygen atoms in total. The van der Waals surface area contributed by atoms with Crippen molar-refractivity contribution in [1.82, 2.24) is 19.7 Å². The van der Waals surface area contributed by atoms with Crippen molar-refractivity contribution >= 4 is 0 Å². The van der Waals surface area contributed by atoms with E-state index in [1.165, 1.54) is 6.07 Å². The topological polar surface area (TPSA) is 54.2 Å². The fraction of sp³-hybridized carbons (Fsp3) is 0.385. The van der Waals surface area contributed by atoms with Crippen LogP contribution in [0.15, 0.2) is 24.5 Å². The molecule has 1 aromatic carbocycles. The van der Waals surface area contributed by atoms with Gasteiger partial charge in [0, 0.05) is 30.8 Å². The molecule has 0 amide bonds. The average molecular weight is 262 g/mol. The van der Waals surface area contributed by atoms with Gasteiger partial charge in [-0.1, -0.05) is 6.07 Å². The van der Waals surface area contributed by atoms with Crippen molar-refractivity contribution in [3.8, 4) is 5.75 Å². The quantitative estimate of drug-likeness (QED) is 0.895. The molecule has 0 fully saturated rings.